The Labute approximate surface area is 203 Å². The highest BCUT2D eigenvalue weighted by Crippen LogP contribution is 2.68. The van der Waals surface area contributed by atoms with E-state index in [0.29, 0.717) is 16.8 Å². The van der Waals surface area contributed by atoms with Crippen LogP contribution < -0.4 is 5.32 Å². The van der Waals surface area contributed by atoms with Crippen LogP contribution in [0.2, 0.25) is 0 Å². The van der Waals surface area contributed by atoms with Gasteiger partial charge in [0, 0.05) is 29.2 Å². The third kappa shape index (κ3) is 4.51. The van der Waals surface area contributed by atoms with E-state index < -0.39 is 35.9 Å². The van der Waals surface area contributed by atoms with E-state index in [-0.39, 0.29) is 29.6 Å². The van der Waals surface area contributed by atoms with E-state index in [1.165, 1.54) is 18.2 Å². The van der Waals surface area contributed by atoms with Crippen LogP contribution in [0.1, 0.15) is 44.7 Å². The van der Waals surface area contributed by atoms with Crippen LogP contribution in [0.5, 0.6) is 0 Å². The van der Waals surface area contributed by atoms with Crippen molar-refractivity contribution in [2.45, 2.75) is 39.2 Å². The number of carboxylic acids is 1. The molecule has 0 amide bonds. The third-order valence-corrected chi connectivity index (χ3v) is 8.85. The number of hydrogen-bond acceptors (Lipinski definition) is 7. The molecule has 1 saturated heterocycles. The molecule has 0 aliphatic carbocycles. The van der Waals surface area contributed by atoms with Crippen molar-refractivity contribution in [3.05, 3.63) is 86.8 Å². The molecule has 2 aromatic carbocycles. The summed E-state index contributed by atoms with van der Waals surface area (Å²) in [6, 6.07) is 14.9. The summed E-state index contributed by atoms with van der Waals surface area (Å²) in [5.74, 6) is -3.33. The number of benzene rings is 2. The molecule has 2 aliphatic rings. The largest absolute Gasteiger partial charge is 0.481 e. The molecule has 2 aliphatic heterocycles. The van der Waals surface area contributed by atoms with Gasteiger partial charge in [0.1, 0.15) is 0 Å². The van der Waals surface area contributed by atoms with Crippen molar-refractivity contribution in [2.75, 3.05) is 13.2 Å². The van der Waals surface area contributed by atoms with E-state index in [4.69, 9.17) is 9.05 Å². The highest BCUT2D eigenvalue weighted by molar-refractivity contribution is 7.58. The van der Waals surface area contributed by atoms with Crippen molar-refractivity contribution in [1.29, 1.82) is 0 Å². The lowest BCUT2D eigenvalue weighted by Crippen LogP contribution is -2.54. The highest BCUT2D eigenvalue weighted by Gasteiger charge is 2.56. The molecular weight excluding hydrogens is 471 g/mol. The molecule has 0 spiro atoms. The Morgan fingerprint density at radius 2 is 1.74 bits per heavy atom. The first kappa shape index (κ1) is 25.1. The monoisotopic (exact) mass is 500 g/mol. The zero-order valence-electron chi connectivity index (χ0n) is 20.1. The number of rotatable bonds is 5. The number of carboxylic acid groups (broad SMARTS) is 1. The van der Waals surface area contributed by atoms with Crippen LogP contribution >= 0.6 is 7.60 Å². The van der Waals surface area contributed by atoms with Crippen LogP contribution in [-0.4, -0.2) is 29.2 Å². The first-order valence-corrected chi connectivity index (χ1v) is 12.8. The van der Waals surface area contributed by atoms with Gasteiger partial charge in [-0.3, -0.25) is 19.5 Å². The van der Waals surface area contributed by atoms with E-state index in [2.05, 4.69) is 5.32 Å². The van der Waals surface area contributed by atoms with Gasteiger partial charge in [-0.1, -0.05) is 56.3 Å². The Hall–Kier alpha value is -3.00. The molecular formula is C25H29N2O7P. The minimum Gasteiger partial charge on any atom is -0.481 e. The minimum atomic E-state index is -3.93. The predicted octanol–water partition coefficient (Wildman–Crippen LogP) is 5.40. The summed E-state index contributed by atoms with van der Waals surface area (Å²) >= 11 is 0. The molecule has 3 unspecified atom stereocenters. The van der Waals surface area contributed by atoms with E-state index in [1.807, 2.05) is 44.2 Å². The molecule has 35 heavy (non-hydrogen) atoms. The summed E-state index contributed by atoms with van der Waals surface area (Å²) in [5.41, 5.74) is -0.134. The highest BCUT2D eigenvalue weighted by atomic mass is 31.2. The molecule has 0 aromatic heterocycles. The second kappa shape index (κ2) is 8.90. The van der Waals surface area contributed by atoms with E-state index in [0.717, 1.165) is 0 Å². The first-order valence-electron chi connectivity index (χ1n) is 11.3. The molecule has 2 N–H and O–H groups in total. The summed E-state index contributed by atoms with van der Waals surface area (Å²) in [6.07, 6.45) is 0. The lowest BCUT2D eigenvalue weighted by atomic mass is 9.68. The molecule has 0 bridgehead atoms. The molecule has 9 nitrogen and oxygen atoms in total. The van der Waals surface area contributed by atoms with Crippen LogP contribution in [0.4, 0.5) is 5.69 Å². The maximum absolute atomic E-state index is 14.1. The van der Waals surface area contributed by atoms with Crippen molar-refractivity contribution in [3.63, 3.8) is 0 Å². The van der Waals surface area contributed by atoms with E-state index >= 15 is 0 Å². The molecule has 3 atom stereocenters. The van der Waals surface area contributed by atoms with Gasteiger partial charge in [0.15, 0.2) is 0 Å². The number of nitrogens with one attached hydrogen (secondary N) is 1. The fourth-order valence-electron chi connectivity index (χ4n) is 4.98. The van der Waals surface area contributed by atoms with Crippen molar-refractivity contribution >= 4 is 19.3 Å². The van der Waals surface area contributed by atoms with Gasteiger partial charge < -0.3 is 19.5 Å². The lowest BCUT2D eigenvalue weighted by Gasteiger charge is -2.48. The van der Waals surface area contributed by atoms with Crippen molar-refractivity contribution in [3.8, 4) is 0 Å². The van der Waals surface area contributed by atoms with Gasteiger partial charge in [0.2, 0.25) is 0 Å². The number of carbonyl (C=O) groups is 1. The van der Waals surface area contributed by atoms with Crippen LogP contribution in [0.3, 0.4) is 0 Å². The second-order valence-electron chi connectivity index (χ2n) is 10.1. The summed E-state index contributed by atoms with van der Waals surface area (Å²) in [6.45, 7) is 7.65. The number of allylic oxidation sites excluding steroid dienone is 2. The van der Waals surface area contributed by atoms with Gasteiger partial charge in [-0.15, -0.1) is 0 Å². The summed E-state index contributed by atoms with van der Waals surface area (Å²) < 4.78 is 25.8. The maximum atomic E-state index is 14.1. The Kier molecular flexibility index (Phi) is 6.38. The van der Waals surface area contributed by atoms with Crippen molar-refractivity contribution in [2.24, 2.45) is 11.3 Å². The molecule has 4 rings (SSSR count). The van der Waals surface area contributed by atoms with E-state index in [1.54, 1.807) is 19.9 Å². The van der Waals surface area contributed by atoms with Gasteiger partial charge in [0.05, 0.1) is 34.9 Å². The van der Waals surface area contributed by atoms with Crippen LogP contribution in [0.15, 0.2) is 65.6 Å². The molecule has 10 heteroatoms. The SMILES string of the molecule is CC1=C(P2(=O)OCC(C)(C)CO2)C(c2cccc([N+](=O)[O-])c2)C(C(=O)O)C(C)(c2ccccc2)N1. The molecule has 1 fully saturated rings. The molecule has 2 aromatic rings. The predicted molar refractivity (Wildman–Crippen MR) is 130 cm³/mol. The number of hydrogen-bond donors (Lipinski definition) is 2. The van der Waals surface area contributed by atoms with Crippen LogP contribution in [-0.2, 0) is 23.9 Å². The Balaban J connectivity index is 1.97. The van der Waals surface area contributed by atoms with Gasteiger partial charge in [-0.25, -0.2) is 0 Å². The summed E-state index contributed by atoms with van der Waals surface area (Å²) in [4.78, 5) is 23.9. The normalized spacial score (nSPS) is 27.7. The average molecular weight is 500 g/mol. The third-order valence-electron chi connectivity index (χ3n) is 6.71. The lowest BCUT2D eigenvalue weighted by molar-refractivity contribution is -0.384. The van der Waals surface area contributed by atoms with Crippen LogP contribution in [0, 0.1) is 21.4 Å². The Morgan fingerprint density at radius 3 is 2.31 bits per heavy atom. The summed E-state index contributed by atoms with van der Waals surface area (Å²) in [5, 5.41) is 25.6. The average Bonchev–Trinajstić information content (AvgIpc) is 2.81. The maximum Gasteiger partial charge on any atom is 0.359 e. The van der Waals surface area contributed by atoms with Gasteiger partial charge >= 0.3 is 13.6 Å². The van der Waals surface area contributed by atoms with Gasteiger partial charge in [0.25, 0.3) is 5.69 Å². The van der Waals surface area contributed by atoms with Crippen molar-refractivity contribution in [1.82, 2.24) is 5.32 Å². The molecule has 0 saturated carbocycles. The fourth-order valence-corrected chi connectivity index (χ4v) is 7.47. The zero-order chi connectivity index (χ0) is 25.6. The number of nitro benzene ring substituents is 1. The number of aliphatic carboxylic acids is 1. The smallest absolute Gasteiger partial charge is 0.359 e. The molecule has 0 radical (unpaired) electrons. The minimum absolute atomic E-state index is 0.163. The standard InChI is InChI=1S/C25H29N2O7P/c1-16-22(35(32)33-14-24(2,3)15-34-35)20(17-9-8-12-19(13-17)27(30)31)21(23(28)29)25(4,26-16)18-10-6-5-7-11-18/h5-13,20-21,26H,14-15H2,1-4H3,(H,28,29). The van der Waals surface area contributed by atoms with E-state index in [9.17, 15) is 24.6 Å². The topological polar surface area (TPSA) is 128 Å². The zero-order valence-corrected chi connectivity index (χ0v) is 21.0. The summed E-state index contributed by atoms with van der Waals surface area (Å²) in [7, 11) is -3.93. The Morgan fingerprint density at radius 1 is 1.11 bits per heavy atom. The molecule has 186 valence electrons. The fraction of sp³-hybridized carbons (Fsp3) is 0.400. The first-order chi connectivity index (χ1) is 16.4. The number of nitro groups is 1. The van der Waals surface area contributed by atoms with Crippen molar-refractivity contribution < 1.29 is 28.4 Å². The number of non-ortho nitro benzene ring substituents is 1. The Bertz CT molecular complexity index is 1230. The molecule has 2 heterocycles. The van der Waals surface area contributed by atoms with Crippen LogP contribution in [0.25, 0.3) is 0 Å². The quantitative estimate of drug-likeness (QED) is 0.317. The second-order valence-corrected chi connectivity index (χ2v) is 12.1. The number of nitrogens with zero attached hydrogens (tertiary/aromatic N) is 1. The van der Waals surface area contributed by atoms with Gasteiger partial charge in [-0.2, -0.15) is 0 Å². The van der Waals surface area contributed by atoms with Gasteiger partial charge in [-0.05, 0) is 25.0 Å².